The zero-order valence-corrected chi connectivity index (χ0v) is 21.5. The van der Waals surface area contributed by atoms with Gasteiger partial charge in [-0.1, -0.05) is 30.3 Å². The minimum Gasteiger partial charge on any atom is -0.488 e. The topological polar surface area (TPSA) is 60.9 Å². The van der Waals surface area contributed by atoms with Gasteiger partial charge in [-0.25, -0.2) is 9.37 Å². The highest BCUT2D eigenvalue weighted by Crippen LogP contribution is 2.32. The van der Waals surface area contributed by atoms with Crippen molar-refractivity contribution in [2.45, 2.75) is 58.3 Å². The van der Waals surface area contributed by atoms with Crippen LogP contribution in [0.5, 0.6) is 5.75 Å². The van der Waals surface area contributed by atoms with Crippen molar-refractivity contribution in [3.63, 3.8) is 0 Å². The number of hydrogen-bond acceptors (Lipinski definition) is 5. The predicted molar refractivity (Wildman–Crippen MR) is 140 cm³/mol. The van der Waals surface area contributed by atoms with Gasteiger partial charge in [0.2, 0.25) is 5.91 Å². The number of aromatic nitrogens is 1. The Morgan fingerprint density at radius 1 is 1.05 bits per heavy atom. The molecule has 0 bridgehead atoms. The molecule has 196 valence electrons. The second kappa shape index (κ2) is 12.0. The lowest BCUT2D eigenvalue weighted by molar-refractivity contribution is -0.135. The SMILES string of the molecule is Cc1c(COC2CCN(C(=O)CC3CCOCC3)CC2)nc2ccc(F)cc2c1OCc1ccccc1. The molecule has 6 nitrogen and oxygen atoms in total. The monoisotopic (exact) mass is 506 g/mol. The van der Waals surface area contributed by atoms with E-state index >= 15 is 0 Å². The van der Waals surface area contributed by atoms with Crippen LogP contribution in [0.25, 0.3) is 10.9 Å². The van der Waals surface area contributed by atoms with Gasteiger partial charge in [-0.15, -0.1) is 0 Å². The first kappa shape index (κ1) is 25.6. The minimum absolute atomic E-state index is 0.0749. The Morgan fingerprint density at radius 3 is 2.57 bits per heavy atom. The summed E-state index contributed by atoms with van der Waals surface area (Å²) in [4.78, 5) is 19.5. The van der Waals surface area contributed by atoms with Gasteiger partial charge in [-0.2, -0.15) is 0 Å². The summed E-state index contributed by atoms with van der Waals surface area (Å²) in [7, 11) is 0. The molecule has 0 spiro atoms. The molecule has 3 heterocycles. The Bertz CT molecular complexity index is 1210. The highest BCUT2D eigenvalue weighted by Gasteiger charge is 2.26. The minimum atomic E-state index is -0.319. The third-order valence-corrected chi connectivity index (χ3v) is 7.51. The van der Waals surface area contributed by atoms with Gasteiger partial charge >= 0.3 is 0 Å². The number of carbonyl (C=O) groups is 1. The predicted octanol–water partition coefficient (Wildman–Crippen LogP) is 5.59. The van der Waals surface area contributed by atoms with E-state index in [2.05, 4.69) is 0 Å². The van der Waals surface area contributed by atoms with Gasteiger partial charge in [0.1, 0.15) is 18.2 Å². The maximum Gasteiger partial charge on any atom is 0.222 e. The number of halogens is 1. The van der Waals surface area contributed by atoms with Crippen LogP contribution in [-0.2, 0) is 27.5 Å². The largest absolute Gasteiger partial charge is 0.488 e. The zero-order valence-electron chi connectivity index (χ0n) is 21.5. The third kappa shape index (κ3) is 6.46. The molecule has 0 unspecified atom stereocenters. The molecule has 0 saturated carbocycles. The van der Waals surface area contributed by atoms with Crippen LogP contribution >= 0.6 is 0 Å². The molecule has 0 atom stereocenters. The Balaban J connectivity index is 1.21. The van der Waals surface area contributed by atoms with E-state index in [1.807, 2.05) is 42.2 Å². The molecule has 0 N–H and O–H groups in total. The molecule has 5 rings (SSSR count). The smallest absolute Gasteiger partial charge is 0.222 e. The Labute approximate surface area is 217 Å². The summed E-state index contributed by atoms with van der Waals surface area (Å²) in [6.07, 6.45) is 4.29. The average molecular weight is 507 g/mol. The summed E-state index contributed by atoms with van der Waals surface area (Å²) >= 11 is 0. The number of nitrogens with zero attached hydrogens (tertiary/aromatic N) is 2. The molecular weight excluding hydrogens is 471 g/mol. The lowest BCUT2D eigenvalue weighted by Gasteiger charge is -2.33. The Hall–Kier alpha value is -3.03. The molecule has 7 heteroatoms. The summed E-state index contributed by atoms with van der Waals surface area (Å²) in [5, 5.41) is 0.661. The van der Waals surface area contributed by atoms with E-state index in [-0.39, 0.29) is 17.8 Å². The van der Waals surface area contributed by atoms with Crippen LogP contribution in [0, 0.1) is 18.7 Å². The Kier molecular flexibility index (Phi) is 8.31. The molecule has 2 aromatic carbocycles. The van der Waals surface area contributed by atoms with Crippen LogP contribution in [0.2, 0.25) is 0 Å². The Morgan fingerprint density at radius 2 is 1.81 bits per heavy atom. The van der Waals surface area contributed by atoms with Crippen molar-refractivity contribution in [2.24, 2.45) is 5.92 Å². The van der Waals surface area contributed by atoms with Gasteiger partial charge in [0.25, 0.3) is 0 Å². The second-order valence-corrected chi connectivity index (χ2v) is 10.1. The van der Waals surface area contributed by atoms with Crippen LogP contribution < -0.4 is 4.74 Å². The number of likely N-dealkylation sites (tertiary alicyclic amines) is 1. The molecule has 2 saturated heterocycles. The number of benzene rings is 2. The summed E-state index contributed by atoms with van der Waals surface area (Å²) < 4.78 is 32.0. The van der Waals surface area contributed by atoms with Crippen LogP contribution in [0.15, 0.2) is 48.5 Å². The first-order chi connectivity index (χ1) is 18.1. The molecule has 1 amide bonds. The molecule has 0 aliphatic carbocycles. The van der Waals surface area contributed by atoms with Crippen LogP contribution in [0.3, 0.4) is 0 Å². The number of ether oxygens (including phenoxy) is 3. The van der Waals surface area contributed by atoms with Gasteiger partial charge in [-0.3, -0.25) is 4.79 Å². The van der Waals surface area contributed by atoms with Crippen molar-refractivity contribution in [3.8, 4) is 5.75 Å². The van der Waals surface area contributed by atoms with E-state index in [1.165, 1.54) is 12.1 Å². The van der Waals surface area contributed by atoms with Crippen molar-refractivity contribution in [2.75, 3.05) is 26.3 Å². The molecule has 2 aliphatic rings. The van der Waals surface area contributed by atoms with Crippen LogP contribution in [0.4, 0.5) is 4.39 Å². The molecule has 1 aromatic heterocycles. The fourth-order valence-electron chi connectivity index (χ4n) is 5.20. The number of amides is 1. The summed E-state index contributed by atoms with van der Waals surface area (Å²) in [5.41, 5.74) is 3.37. The fourth-order valence-corrected chi connectivity index (χ4v) is 5.20. The van der Waals surface area contributed by atoms with E-state index < -0.39 is 0 Å². The lowest BCUT2D eigenvalue weighted by Crippen LogP contribution is -2.41. The second-order valence-electron chi connectivity index (χ2n) is 10.1. The van der Waals surface area contributed by atoms with Crippen molar-refractivity contribution < 1.29 is 23.4 Å². The van der Waals surface area contributed by atoms with Gasteiger partial charge in [0, 0.05) is 43.7 Å². The first-order valence-electron chi connectivity index (χ1n) is 13.3. The van der Waals surface area contributed by atoms with Crippen molar-refractivity contribution in [3.05, 3.63) is 71.2 Å². The van der Waals surface area contributed by atoms with E-state index in [0.29, 0.717) is 42.2 Å². The van der Waals surface area contributed by atoms with Gasteiger partial charge in [0.15, 0.2) is 0 Å². The quantitative estimate of drug-likeness (QED) is 0.399. The van der Waals surface area contributed by atoms with Crippen molar-refractivity contribution >= 4 is 16.8 Å². The van der Waals surface area contributed by atoms with Gasteiger partial charge in [-0.05, 0) is 62.3 Å². The number of hydrogen-bond donors (Lipinski definition) is 0. The molecule has 3 aromatic rings. The van der Waals surface area contributed by atoms with E-state index in [9.17, 15) is 9.18 Å². The highest BCUT2D eigenvalue weighted by molar-refractivity contribution is 5.86. The summed E-state index contributed by atoms with van der Waals surface area (Å²) in [5.74, 6) is 1.02. The third-order valence-electron chi connectivity index (χ3n) is 7.51. The number of fused-ring (bicyclic) bond motifs is 1. The van der Waals surface area contributed by atoms with E-state index in [1.54, 1.807) is 6.07 Å². The number of piperidine rings is 1. The summed E-state index contributed by atoms with van der Waals surface area (Å²) in [6, 6.07) is 14.5. The maximum atomic E-state index is 14.1. The van der Waals surface area contributed by atoms with Gasteiger partial charge < -0.3 is 19.1 Å². The number of carbonyl (C=O) groups excluding carboxylic acids is 1. The van der Waals surface area contributed by atoms with Crippen molar-refractivity contribution in [1.82, 2.24) is 9.88 Å². The first-order valence-corrected chi connectivity index (χ1v) is 13.3. The van der Waals surface area contributed by atoms with Crippen LogP contribution in [-0.4, -0.2) is 48.2 Å². The fraction of sp³-hybridized carbons (Fsp3) is 0.467. The van der Waals surface area contributed by atoms with Gasteiger partial charge in [0.05, 0.1) is 23.9 Å². The van der Waals surface area contributed by atoms with E-state index in [4.69, 9.17) is 19.2 Å². The van der Waals surface area contributed by atoms with Crippen LogP contribution in [0.1, 0.15) is 48.9 Å². The highest BCUT2D eigenvalue weighted by atomic mass is 19.1. The molecular formula is C30H35FN2O4. The zero-order chi connectivity index (χ0) is 25.6. The van der Waals surface area contributed by atoms with E-state index in [0.717, 1.165) is 68.8 Å². The lowest BCUT2D eigenvalue weighted by atomic mass is 9.95. The molecule has 0 radical (unpaired) electrons. The molecule has 37 heavy (non-hydrogen) atoms. The summed E-state index contributed by atoms with van der Waals surface area (Å²) in [6.45, 7) is 5.67. The molecule has 2 aliphatic heterocycles. The standard InChI is InChI=1S/C30H35FN2O4/c1-21-28(20-36-25-9-13-33(14-10-25)29(34)17-22-11-15-35-16-12-22)32-27-8-7-24(31)18-26(27)30(21)37-19-23-5-3-2-4-6-23/h2-8,18,22,25H,9-17,19-20H2,1H3. The molecule has 2 fully saturated rings. The normalized spacial score (nSPS) is 17.3. The number of rotatable bonds is 8. The average Bonchev–Trinajstić information content (AvgIpc) is 2.93. The maximum absolute atomic E-state index is 14.1. The van der Waals surface area contributed by atoms with Crippen molar-refractivity contribution in [1.29, 1.82) is 0 Å². The number of pyridine rings is 1.